The maximum atomic E-state index is 12.0. The minimum absolute atomic E-state index is 0.0155. The van der Waals surface area contributed by atoms with Crippen molar-refractivity contribution in [1.82, 2.24) is 0 Å². The molecule has 0 aliphatic carbocycles. The van der Waals surface area contributed by atoms with E-state index in [1.807, 2.05) is 0 Å². The van der Waals surface area contributed by atoms with Crippen LogP contribution in [0.5, 0.6) is 17.2 Å². The van der Waals surface area contributed by atoms with Crippen molar-refractivity contribution in [2.45, 2.75) is 12.8 Å². The molecule has 0 spiro atoms. The molecule has 0 amide bonds. The molecule has 0 fully saturated rings. The summed E-state index contributed by atoms with van der Waals surface area (Å²) in [7, 11) is 4.58. The summed E-state index contributed by atoms with van der Waals surface area (Å²) in [5.41, 5.74) is 5.89. The van der Waals surface area contributed by atoms with Crippen LogP contribution in [0.15, 0.2) is 12.1 Å². The Labute approximate surface area is 107 Å². The van der Waals surface area contributed by atoms with E-state index in [-0.39, 0.29) is 5.78 Å². The van der Waals surface area contributed by atoms with Gasteiger partial charge >= 0.3 is 0 Å². The van der Waals surface area contributed by atoms with Crippen molar-refractivity contribution >= 4 is 5.78 Å². The van der Waals surface area contributed by atoms with E-state index >= 15 is 0 Å². The van der Waals surface area contributed by atoms with Gasteiger partial charge in [-0.3, -0.25) is 4.79 Å². The number of ether oxygens (including phenoxy) is 3. The molecule has 0 aliphatic heterocycles. The summed E-state index contributed by atoms with van der Waals surface area (Å²) < 4.78 is 15.5. The first kappa shape index (κ1) is 14.3. The molecule has 100 valence electrons. The van der Waals surface area contributed by atoms with Gasteiger partial charge in [-0.1, -0.05) is 0 Å². The molecule has 18 heavy (non-hydrogen) atoms. The number of nitrogens with two attached hydrogens (primary N) is 1. The van der Waals surface area contributed by atoms with Gasteiger partial charge in [-0.05, 0) is 19.0 Å². The molecule has 1 rings (SSSR count). The molecule has 0 aromatic heterocycles. The fraction of sp³-hybridized carbons (Fsp3) is 0.462. The molecule has 1 aromatic rings. The average Bonchev–Trinajstić information content (AvgIpc) is 2.42. The van der Waals surface area contributed by atoms with Crippen molar-refractivity contribution < 1.29 is 19.0 Å². The fourth-order valence-electron chi connectivity index (χ4n) is 1.64. The minimum atomic E-state index is -0.0155. The Morgan fingerprint density at radius 1 is 1.06 bits per heavy atom. The molecule has 0 atom stereocenters. The molecule has 5 nitrogen and oxygen atoms in total. The highest BCUT2D eigenvalue weighted by Gasteiger charge is 2.17. The van der Waals surface area contributed by atoms with E-state index in [0.29, 0.717) is 42.2 Å². The Balaban J connectivity index is 3.12. The van der Waals surface area contributed by atoms with Crippen LogP contribution in [-0.4, -0.2) is 33.7 Å². The molecular formula is C13H19NO4. The van der Waals surface area contributed by atoms with E-state index in [1.54, 1.807) is 12.1 Å². The zero-order valence-electron chi connectivity index (χ0n) is 11.0. The normalized spacial score (nSPS) is 10.0. The highest BCUT2D eigenvalue weighted by molar-refractivity contribution is 5.99. The third-order valence-electron chi connectivity index (χ3n) is 2.61. The van der Waals surface area contributed by atoms with E-state index in [1.165, 1.54) is 21.3 Å². The molecule has 1 aromatic carbocycles. The lowest BCUT2D eigenvalue weighted by atomic mass is 10.0. The molecule has 5 heteroatoms. The first-order valence-electron chi connectivity index (χ1n) is 5.71. The van der Waals surface area contributed by atoms with E-state index in [0.717, 1.165) is 0 Å². The molecular weight excluding hydrogens is 234 g/mol. The van der Waals surface area contributed by atoms with Crippen molar-refractivity contribution in [3.8, 4) is 17.2 Å². The maximum absolute atomic E-state index is 12.0. The third-order valence-corrected chi connectivity index (χ3v) is 2.61. The van der Waals surface area contributed by atoms with Crippen LogP contribution in [0.4, 0.5) is 0 Å². The van der Waals surface area contributed by atoms with Gasteiger partial charge in [-0.25, -0.2) is 0 Å². The molecule has 2 N–H and O–H groups in total. The van der Waals surface area contributed by atoms with Gasteiger partial charge in [0.2, 0.25) is 0 Å². The molecule has 0 aliphatic rings. The van der Waals surface area contributed by atoms with Crippen LogP contribution in [0.3, 0.4) is 0 Å². The predicted molar refractivity (Wildman–Crippen MR) is 68.7 cm³/mol. The fourth-order valence-corrected chi connectivity index (χ4v) is 1.64. The quantitative estimate of drug-likeness (QED) is 0.748. The predicted octanol–water partition coefficient (Wildman–Crippen LogP) is 1.63. The standard InChI is InChI=1S/C13H19NO4/c1-16-11-8-13(18-3)12(17-2)7-9(11)10(15)5-4-6-14/h7-8H,4-6,14H2,1-3H3. The number of methoxy groups -OCH3 is 3. The summed E-state index contributed by atoms with van der Waals surface area (Å²) in [6.07, 6.45) is 1.04. The molecule has 0 radical (unpaired) electrons. The first-order valence-corrected chi connectivity index (χ1v) is 5.71. The van der Waals surface area contributed by atoms with Gasteiger partial charge in [-0.2, -0.15) is 0 Å². The number of benzene rings is 1. The average molecular weight is 253 g/mol. The van der Waals surface area contributed by atoms with Gasteiger partial charge in [0.05, 0.1) is 26.9 Å². The third kappa shape index (κ3) is 3.13. The first-order chi connectivity index (χ1) is 8.67. The monoisotopic (exact) mass is 253 g/mol. The lowest BCUT2D eigenvalue weighted by Crippen LogP contribution is -2.07. The van der Waals surface area contributed by atoms with Crippen molar-refractivity contribution in [1.29, 1.82) is 0 Å². The lowest BCUT2D eigenvalue weighted by Gasteiger charge is -2.13. The largest absolute Gasteiger partial charge is 0.496 e. The van der Waals surface area contributed by atoms with Crippen LogP contribution < -0.4 is 19.9 Å². The number of ketones is 1. The topological polar surface area (TPSA) is 70.8 Å². The highest BCUT2D eigenvalue weighted by atomic mass is 16.5. The van der Waals surface area contributed by atoms with E-state index in [4.69, 9.17) is 19.9 Å². The Morgan fingerprint density at radius 2 is 1.61 bits per heavy atom. The number of hydrogen-bond acceptors (Lipinski definition) is 5. The van der Waals surface area contributed by atoms with E-state index in [9.17, 15) is 4.79 Å². The maximum Gasteiger partial charge on any atom is 0.166 e. The van der Waals surface area contributed by atoms with E-state index < -0.39 is 0 Å². The van der Waals surface area contributed by atoms with Crippen LogP contribution in [0.25, 0.3) is 0 Å². The summed E-state index contributed by atoms with van der Waals surface area (Å²) in [6.45, 7) is 0.487. The SMILES string of the molecule is COc1cc(OC)c(C(=O)CCCN)cc1OC. The second kappa shape index (κ2) is 6.86. The number of carbonyl (C=O) groups is 1. The Kier molecular flexibility index (Phi) is 5.45. The number of carbonyl (C=O) groups excluding carboxylic acids is 1. The van der Waals surface area contributed by atoms with Crippen LogP contribution >= 0.6 is 0 Å². The van der Waals surface area contributed by atoms with E-state index in [2.05, 4.69) is 0 Å². The van der Waals surface area contributed by atoms with Gasteiger partial charge in [0.25, 0.3) is 0 Å². The van der Waals surface area contributed by atoms with Crippen LogP contribution in [0.2, 0.25) is 0 Å². The Bertz CT molecular complexity index is 418. The Hall–Kier alpha value is -1.75. The van der Waals surface area contributed by atoms with Gasteiger partial charge < -0.3 is 19.9 Å². The summed E-state index contributed by atoms with van der Waals surface area (Å²) in [5.74, 6) is 1.51. The van der Waals surface area contributed by atoms with Crippen LogP contribution in [0.1, 0.15) is 23.2 Å². The summed E-state index contributed by atoms with van der Waals surface area (Å²) >= 11 is 0. The smallest absolute Gasteiger partial charge is 0.166 e. The van der Waals surface area contributed by atoms with Gasteiger partial charge in [0.1, 0.15) is 5.75 Å². The minimum Gasteiger partial charge on any atom is -0.496 e. The molecule has 0 saturated heterocycles. The number of hydrogen-bond donors (Lipinski definition) is 1. The summed E-state index contributed by atoms with van der Waals surface area (Å²) in [6, 6.07) is 3.28. The van der Waals surface area contributed by atoms with Gasteiger partial charge in [-0.15, -0.1) is 0 Å². The summed E-state index contributed by atoms with van der Waals surface area (Å²) in [4.78, 5) is 12.0. The summed E-state index contributed by atoms with van der Waals surface area (Å²) in [5, 5.41) is 0. The Morgan fingerprint density at radius 3 is 2.11 bits per heavy atom. The second-order valence-corrected chi connectivity index (χ2v) is 3.72. The zero-order chi connectivity index (χ0) is 13.5. The van der Waals surface area contributed by atoms with Crippen molar-refractivity contribution in [3.05, 3.63) is 17.7 Å². The van der Waals surface area contributed by atoms with Crippen LogP contribution in [0, 0.1) is 0 Å². The molecule has 0 unspecified atom stereocenters. The van der Waals surface area contributed by atoms with Crippen molar-refractivity contribution in [3.63, 3.8) is 0 Å². The number of rotatable bonds is 7. The van der Waals surface area contributed by atoms with Gasteiger partial charge in [0.15, 0.2) is 17.3 Å². The zero-order valence-corrected chi connectivity index (χ0v) is 11.0. The molecule has 0 bridgehead atoms. The van der Waals surface area contributed by atoms with Crippen molar-refractivity contribution in [2.75, 3.05) is 27.9 Å². The van der Waals surface area contributed by atoms with Gasteiger partial charge in [0, 0.05) is 12.5 Å². The second-order valence-electron chi connectivity index (χ2n) is 3.72. The van der Waals surface area contributed by atoms with Crippen molar-refractivity contribution in [2.24, 2.45) is 5.73 Å². The lowest BCUT2D eigenvalue weighted by molar-refractivity contribution is 0.0977. The molecule has 0 heterocycles. The molecule has 0 saturated carbocycles. The van der Waals surface area contributed by atoms with Crippen LogP contribution in [-0.2, 0) is 0 Å². The number of Topliss-reactive ketones (excluding diaryl/α,β-unsaturated/α-hetero) is 1. The highest BCUT2D eigenvalue weighted by Crippen LogP contribution is 2.35.